The van der Waals surface area contributed by atoms with E-state index in [4.69, 9.17) is 17.3 Å². The Hall–Kier alpha value is -1.49. The van der Waals surface area contributed by atoms with Crippen LogP contribution in [0.4, 0.5) is 15.8 Å². The monoisotopic (exact) mass is 287 g/mol. The second-order valence-corrected chi connectivity index (χ2v) is 5.29. The minimum atomic E-state index is -0.569. The van der Waals surface area contributed by atoms with Crippen molar-refractivity contribution in [3.63, 3.8) is 0 Å². The van der Waals surface area contributed by atoms with E-state index in [1.165, 1.54) is 6.07 Å². The molecule has 0 saturated carbocycles. The summed E-state index contributed by atoms with van der Waals surface area (Å²) < 4.78 is 13.2. The zero-order valence-electron chi connectivity index (χ0n) is 11.3. The first-order chi connectivity index (χ1) is 8.81. The van der Waals surface area contributed by atoms with Crippen molar-refractivity contribution < 1.29 is 9.18 Å². The lowest BCUT2D eigenvalue weighted by atomic mass is 10.2. The first-order valence-electron chi connectivity index (χ1n) is 6.03. The number of carbonyl (C=O) groups excluding carboxylic acids is 1. The molecule has 4 nitrogen and oxygen atoms in total. The zero-order valence-corrected chi connectivity index (χ0v) is 12.1. The first kappa shape index (κ1) is 15.6. The number of amides is 1. The lowest BCUT2D eigenvalue weighted by molar-refractivity contribution is -0.119. The summed E-state index contributed by atoms with van der Waals surface area (Å²) in [7, 11) is 1.70. The summed E-state index contributed by atoms with van der Waals surface area (Å²) in [5, 5.41) is 2.78. The highest BCUT2D eigenvalue weighted by atomic mass is 35.5. The number of likely N-dealkylation sites (N-methyl/N-ethyl adjacent to an activating group) is 1. The van der Waals surface area contributed by atoms with E-state index in [0.717, 1.165) is 6.07 Å². The Morgan fingerprint density at radius 3 is 2.74 bits per heavy atom. The fraction of sp³-hybridized carbons (Fsp3) is 0.462. The molecule has 0 aliphatic heterocycles. The topological polar surface area (TPSA) is 58.4 Å². The van der Waals surface area contributed by atoms with Crippen LogP contribution in [0, 0.1) is 11.7 Å². The number of nitrogens with one attached hydrogen (secondary N) is 1. The normalized spacial score (nSPS) is 10.6. The van der Waals surface area contributed by atoms with Gasteiger partial charge in [-0.05, 0) is 12.0 Å². The van der Waals surface area contributed by atoms with Gasteiger partial charge in [-0.25, -0.2) is 4.39 Å². The highest BCUT2D eigenvalue weighted by molar-refractivity contribution is 6.31. The van der Waals surface area contributed by atoms with Crippen LogP contribution in [0.25, 0.3) is 0 Å². The molecule has 0 spiro atoms. The third-order valence-electron chi connectivity index (χ3n) is 2.57. The number of carbonyl (C=O) groups is 1. The molecule has 106 valence electrons. The number of hydrogen-bond donors (Lipinski definition) is 2. The Morgan fingerprint density at radius 1 is 1.53 bits per heavy atom. The summed E-state index contributed by atoms with van der Waals surface area (Å²) in [5.41, 5.74) is 6.50. The van der Waals surface area contributed by atoms with Gasteiger partial charge in [-0.3, -0.25) is 4.79 Å². The summed E-state index contributed by atoms with van der Waals surface area (Å²) in [6.07, 6.45) is 0. The molecule has 0 aromatic heterocycles. The molecule has 6 heteroatoms. The Kier molecular flexibility index (Phi) is 5.42. The van der Waals surface area contributed by atoms with E-state index in [-0.39, 0.29) is 23.2 Å². The first-order valence-corrected chi connectivity index (χ1v) is 6.41. The standard InChI is InChI=1S/C13H19ClFN3O/c1-8(2)6-17-13(19)7-18(3)12-4-9(14)10(15)5-11(12)16/h4-5,8H,6-7,16H2,1-3H3,(H,17,19). The van der Waals surface area contributed by atoms with Crippen molar-refractivity contribution in [1.82, 2.24) is 5.32 Å². The Balaban J connectivity index is 2.70. The molecule has 0 aliphatic rings. The van der Waals surface area contributed by atoms with Crippen molar-refractivity contribution in [3.8, 4) is 0 Å². The molecule has 0 aliphatic carbocycles. The molecule has 1 rings (SSSR count). The number of rotatable bonds is 5. The molecular formula is C13H19ClFN3O. The molecule has 0 bridgehead atoms. The van der Waals surface area contributed by atoms with Crippen molar-refractivity contribution >= 4 is 28.9 Å². The van der Waals surface area contributed by atoms with Gasteiger partial charge in [0.15, 0.2) is 0 Å². The van der Waals surface area contributed by atoms with E-state index in [1.54, 1.807) is 11.9 Å². The smallest absolute Gasteiger partial charge is 0.239 e. The minimum absolute atomic E-state index is 0.0151. The fourth-order valence-corrected chi connectivity index (χ4v) is 1.71. The van der Waals surface area contributed by atoms with Crippen molar-refractivity contribution in [2.24, 2.45) is 5.92 Å². The average molecular weight is 288 g/mol. The summed E-state index contributed by atoms with van der Waals surface area (Å²) in [6.45, 7) is 4.79. The molecule has 3 N–H and O–H groups in total. The summed E-state index contributed by atoms with van der Waals surface area (Å²) in [5.74, 6) is -0.295. The predicted octanol–water partition coefficient (Wildman–Crippen LogP) is 2.27. The van der Waals surface area contributed by atoms with Crippen LogP contribution in [-0.2, 0) is 4.79 Å². The third-order valence-corrected chi connectivity index (χ3v) is 2.86. The molecular weight excluding hydrogens is 269 g/mol. The summed E-state index contributed by atoms with van der Waals surface area (Å²) in [4.78, 5) is 13.3. The molecule has 19 heavy (non-hydrogen) atoms. The number of nitrogens with two attached hydrogens (primary N) is 1. The number of hydrogen-bond acceptors (Lipinski definition) is 3. The Labute approximate surface area is 117 Å². The van der Waals surface area contributed by atoms with Crippen molar-refractivity contribution in [1.29, 1.82) is 0 Å². The highest BCUT2D eigenvalue weighted by Gasteiger charge is 2.13. The van der Waals surface area contributed by atoms with Crippen LogP contribution in [-0.4, -0.2) is 26.0 Å². The van der Waals surface area contributed by atoms with Gasteiger partial charge in [-0.2, -0.15) is 0 Å². The van der Waals surface area contributed by atoms with Gasteiger partial charge < -0.3 is 16.0 Å². The van der Waals surface area contributed by atoms with Crippen LogP contribution in [0.15, 0.2) is 12.1 Å². The van der Waals surface area contributed by atoms with E-state index in [0.29, 0.717) is 18.2 Å². The highest BCUT2D eigenvalue weighted by Crippen LogP contribution is 2.28. The summed E-state index contributed by atoms with van der Waals surface area (Å²) >= 11 is 5.71. The maximum atomic E-state index is 13.2. The van der Waals surface area contributed by atoms with Crippen LogP contribution in [0.5, 0.6) is 0 Å². The SMILES string of the molecule is CC(C)CNC(=O)CN(C)c1cc(Cl)c(F)cc1N. The molecule has 0 radical (unpaired) electrons. The molecule has 0 saturated heterocycles. The molecule has 0 unspecified atom stereocenters. The number of benzene rings is 1. The largest absolute Gasteiger partial charge is 0.397 e. The van der Waals surface area contributed by atoms with Crippen molar-refractivity contribution in [2.45, 2.75) is 13.8 Å². The minimum Gasteiger partial charge on any atom is -0.397 e. The van der Waals surface area contributed by atoms with Gasteiger partial charge in [-0.15, -0.1) is 0 Å². The van der Waals surface area contributed by atoms with E-state index in [9.17, 15) is 9.18 Å². The van der Waals surface area contributed by atoms with Crippen LogP contribution in [0.1, 0.15) is 13.8 Å². The van der Waals surface area contributed by atoms with Crippen LogP contribution in [0.2, 0.25) is 5.02 Å². The molecule has 0 heterocycles. The zero-order chi connectivity index (χ0) is 14.6. The Morgan fingerprint density at radius 2 is 2.16 bits per heavy atom. The lowest BCUT2D eigenvalue weighted by Crippen LogP contribution is -2.37. The maximum absolute atomic E-state index is 13.2. The lowest BCUT2D eigenvalue weighted by Gasteiger charge is -2.21. The average Bonchev–Trinajstić information content (AvgIpc) is 2.31. The van der Waals surface area contributed by atoms with Crippen LogP contribution >= 0.6 is 11.6 Å². The second kappa shape index (κ2) is 6.61. The molecule has 1 aromatic carbocycles. The molecule has 0 fully saturated rings. The molecule has 0 atom stereocenters. The van der Waals surface area contributed by atoms with E-state index in [1.807, 2.05) is 13.8 Å². The molecule has 1 aromatic rings. The quantitative estimate of drug-likeness (QED) is 0.817. The van der Waals surface area contributed by atoms with E-state index >= 15 is 0 Å². The number of halogens is 2. The van der Waals surface area contributed by atoms with Gasteiger partial charge in [0.1, 0.15) is 5.82 Å². The van der Waals surface area contributed by atoms with Gasteiger partial charge in [0.2, 0.25) is 5.91 Å². The van der Waals surface area contributed by atoms with Crippen molar-refractivity contribution in [2.75, 3.05) is 30.8 Å². The van der Waals surface area contributed by atoms with Gasteiger partial charge in [-0.1, -0.05) is 25.4 Å². The number of nitrogens with zero attached hydrogens (tertiary/aromatic N) is 1. The predicted molar refractivity (Wildman–Crippen MR) is 76.9 cm³/mol. The van der Waals surface area contributed by atoms with Gasteiger partial charge in [0, 0.05) is 19.7 Å². The van der Waals surface area contributed by atoms with Crippen LogP contribution < -0.4 is 16.0 Å². The van der Waals surface area contributed by atoms with Gasteiger partial charge in [0.05, 0.1) is 22.9 Å². The maximum Gasteiger partial charge on any atom is 0.239 e. The van der Waals surface area contributed by atoms with Gasteiger partial charge in [0.25, 0.3) is 0 Å². The van der Waals surface area contributed by atoms with Gasteiger partial charge >= 0.3 is 0 Å². The van der Waals surface area contributed by atoms with Crippen LogP contribution in [0.3, 0.4) is 0 Å². The van der Waals surface area contributed by atoms with E-state index < -0.39 is 5.82 Å². The third kappa shape index (κ3) is 4.59. The Bertz CT molecular complexity index is 465. The fourth-order valence-electron chi connectivity index (χ4n) is 1.56. The summed E-state index contributed by atoms with van der Waals surface area (Å²) in [6, 6.07) is 2.57. The number of nitrogen functional groups attached to an aromatic ring is 1. The number of anilines is 2. The molecule has 1 amide bonds. The van der Waals surface area contributed by atoms with Crippen molar-refractivity contribution in [3.05, 3.63) is 23.0 Å². The van der Waals surface area contributed by atoms with E-state index in [2.05, 4.69) is 5.32 Å². The second-order valence-electron chi connectivity index (χ2n) is 4.88.